The fourth-order valence-electron chi connectivity index (χ4n) is 0.786. The molecule has 1 aromatic carbocycles. The third kappa shape index (κ3) is 9.94. The molecule has 0 saturated carbocycles. The highest BCUT2D eigenvalue weighted by Gasteiger charge is 1.94. The van der Waals surface area contributed by atoms with Crippen LogP contribution in [0.25, 0.3) is 6.08 Å². The predicted octanol–water partition coefficient (Wildman–Crippen LogP) is -0.123. The van der Waals surface area contributed by atoms with Gasteiger partial charge in [0.1, 0.15) is 6.10 Å². The molecule has 0 saturated heterocycles. The molecule has 0 atom stereocenters. The van der Waals surface area contributed by atoms with E-state index < -0.39 is 16.2 Å². The summed E-state index contributed by atoms with van der Waals surface area (Å²) in [4.78, 5) is 0. The van der Waals surface area contributed by atoms with Crippen LogP contribution in [-0.2, 0) is 10.1 Å². The van der Waals surface area contributed by atoms with Crippen molar-refractivity contribution in [2.75, 3.05) is 13.2 Å². The normalized spacial score (nSPS) is 11.4. The zero-order valence-electron chi connectivity index (χ0n) is 9.55. The third-order valence-electron chi connectivity index (χ3n) is 1.65. The summed E-state index contributed by atoms with van der Waals surface area (Å²) in [6.07, 6.45) is 0.375. The fraction of sp³-hybridized carbons (Fsp3) is 0.273. The van der Waals surface area contributed by atoms with Crippen molar-refractivity contribution in [2.24, 2.45) is 0 Å². The van der Waals surface area contributed by atoms with Crippen molar-refractivity contribution in [1.29, 1.82) is 0 Å². The first-order valence-corrected chi connectivity index (χ1v) is 6.49. The molecule has 102 valence electrons. The van der Waals surface area contributed by atoms with E-state index in [9.17, 15) is 8.42 Å². The molecule has 0 bridgehead atoms. The molecule has 1 aromatic rings. The lowest BCUT2D eigenvalue weighted by atomic mass is 10.2. The zero-order valence-corrected chi connectivity index (χ0v) is 10.4. The topological polar surface area (TPSA) is 115 Å². The van der Waals surface area contributed by atoms with Crippen molar-refractivity contribution in [2.45, 2.75) is 6.10 Å². The van der Waals surface area contributed by atoms with Crippen LogP contribution in [0.1, 0.15) is 5.56 Å². The van der Waals surface area contributed by atoms with Crippen LogP contribution in [0.5, 0.6) is 0 Å². The maximum Gasteiger partial charge on any atom is 0.287 e. The Hall–Kier alpha value is -1.25. The van der Waals surface area contributed by atoms with Crippen molar-refractivity contribution in [3.63, 3.8) is 0 Å². The molecule has 0 aliphatic rings. The lowest BCUT2D eigenvalue weighted by molar-refractivity contribution is 0.0450. The van der Waals surface area contributed by atoms with Crippen LogP contribution in [0.3, 0.4) is 0 Å². The first-order chi connectivity index (χ1) is 8.39. The molecule has 0 aliphatic carbocycles. The van der Waals surface area contributed by atoms with Crippen LogP contribution in [0, 0.1) is 0 Å². The van der Waals surface area contributed by atoms with Gasteiger partial charge < -0.3 is 15.3 Å². The van der Waals surface area contributed by atoms with Crippen LogP contribution >= 0.6 is 0 Å². The summed E-state index contributed by atoms with van der Waals surface area (Å²) in [5.41, 5.74) is 0.732. The standard InChI is InChI=1S/C8H8O3S.C3H8O3/c9-12(10,11)7-6-8-4-2-1-3-5-8;4-1-3(6)2-5/h1-7H,(H,9,10,11);3-6H,1-2H2. The second-order valence-corrected chi connectivity index (χ2v) is 4.55. The van der Waals surface area contributed by atoms with E-state index >= 15 is 0 Å². The molecule has 0 aromatic heterocycles. The van der Waals surface area contributed by atoms with Crippen LogP contribution in [0.15, 0.2) is 35.7 Å². The van der Waals surface area contributed by atoms with Crippen molar-refractivity contribution in [3.8, 4) is 0 Å². The van der Waals surface area contributed by atoms with E-state index in [0.29, 0.717) is 0 Å². The van der Waals surface area contributed by atoms with Crippen molar-refractivity contribution >= 4 is 16.2 Å². The molecule has 0 unspecified atom stereocenters. The van der Waals surface area contributed by atoms with Gasteiger partial charge in [-0.15, -0.1) is 0 Å². The fourth-order valence-corrected chi connectivity index (χ4v) is 1.12. The largest absolute Gasteiger partial charge is 0.394 e. The van der Waals surface area contributed by atoms with Crippen LogP contribution in [0.2, 0.25) is 0 Å². The lowest BCUT2D eigenvalue weighted by Gasteiger charge is -1.96. The van der Waals surface area contributed by atoms with Gasteiger partial charge in [0.05, 0.1) is 18.6 Å². The Morgan fingerprint density at radius 2 is 1.61 bits per heavy atom. The SMILES string of the molecule is O=S(=O)(O)C=Cc1ccccc1.OCC(O)CO. The average molecular weight is 276 g/mol. The van der Waals surface area contributed by atoms with Crippen LogP contribution in [-0.4, -0.2) is 47.6 Å². The second kappa shape index (κ2) is 8.78. The van der Waals surface area contributed by atoms with Crippen molar-refractivity contribution in [1.82, 2.24) is 0 Å². The third-order valence-corrected chi connectivity index (χ3v) is 2.13. The van der Waals surface area contributed by atoms with Crippen LogP contribution in [0.4, 0.5) is 0 Å². The molecule has 0 radical (unpaired) electrons. The summed E-state index contributed by atoms with van der Waals surface area (Å²) in [5, 5.41) is 24.8. The first-order valence-electron chi connectivity index (χ1n) is 4.99. The quantitative estimate of drug-likeness (QED) is 0.570. The first kappa shape index (κ1) is 16.8. The Morgan fingerprint density at radius 1 is 1.11 bits per heavy atom. The highest BCUT2D eigenvalue weighted by molar-refractivity contribution is 7.88. The van der Waals surface area contributed by atoms with Gasteiger partial charge in [-0.2, -0.15) is 8.42 Å². The summed E-state index contributed by atoms with van der Waals surface area (Å²) in [5.74, 6) is 0. The molecule has 0 spiro atoms. The maximum atomic E-state index is 10.3. The Labute approximate surface area is 106 Å². The predicted molar refractivity (Wildman–Crippen MR) is 67.2 cm³/mol. The maximum absolute atomic E-state index is 10.3. The zero-order chi connectivity index (χ0) is 14.0. The molecule has 6 nitrogen and oxygen atoms in total. The van der Waals surface area contributed by atoms with Crippen LogP contribution < -0.4 is 0 Å². The highest BCUT2D eigenvalue weighted by atomic mass is 32.2. The van der Waals surface area contributed by atoms with Gasteiger partial charge in [0.25, 0.3) is 10.1 Å². The van der Waals surface area contributed by atoms with Gasteiger partial charge in [-0.25, -0.2) is 0 Å². The monoisotopic (exact) mass is 276 g/mol. The smallest absolute Gasteiger partial charge is 0.287 e. The van der Waals surface area contributed by atoms with E-state index in [1.807, 2.05) is 6.07 Å². The molecular weight excluding hydrogens is 260 g/mol. The molecule has 0 aliphatic heterocycles. The van der Waals surface area contributed by atoms with Gasteiger partial charge in [-0.1, -0.05) is 30.3 Å². The Bertz CT molecular complexity index is 436. The number of rotatable bonds is 4. The molecule has 0 fully saturated rings. The molecule has 7 heteroatoms. The minimum Gasteiger partial charge on any atom is -0.394 e. The highest BCUT2D eigenvalue weighted by Crippen LogP contribution is 2.01. The Balaban J connectivity index is 0.000000411. The van der Waals surface area contributed by atoms with Gasteiger partial charge in [0.2, 0.25) is 0 Å². The molecule has 1 rings (SSSR count). The summed E-state index contributed by atoms with van der Waals surface area (Å²) in [6, 6.07) is 8.86. The van der Waals surface area contributed by atoms with Gasteiger partial charge in [-0.3, -0.25) is 4.55 Å². The summed E-state index contributed by atoms with van der Waals surface area (Å²) in [6.45, 7) is -0.729. The van der Waals surface area contributed by atoms with E-state index in [1.165, 1.54) is 6.08 Å². The van der Waals surface area contributed by atoms with E-state index in [4.69, 9.17) is 19.9 Å². The number of aliphatic hydroxyl groups excluding tert-OH is 3. The van der Waals surface area contributed by atoms with E-state index in [-0.39, 0.29) is 13.2 Å². The van der Waals surface area contributed by atoms with Crippen molar-refractivity contribution in [3.05, 3.63) is 41.3 Å². The molecule has 0 heterocycles. The Kier molecular flexibility index (Phi) is 8.17. The summed E-state index contributed by atoms with van der Waals surface area (Å²) < 4.78 is 28.9. The summed E-state index contributed by atoms with van der Waals surface area (Å²) in [7, 11) is -4.00. The molecule has 0 amide bonds. The minimum atomic E-state index is -4.00. The van der Waals surface area contributed by atoms with Gasteiger partial charge in [0, 0.05) is 0 Å². The van der Waals surface area contributed by atoms with Gasteiger partial charge >= 0.3 is 0 Å². The molecule has 18 heavy (non-hydrogen) atoms. The van der Waals surface area contributed by atoms with Crippen molar-refractivity contribution < 1.29 is 28.3 Å². The summed E-state index contributed by atoms with van der Waals surface area (Å²) >= 11 is 0. The van der Waals surface area contributed by atoms with E-state index in [2.05, 4.69) is 0 Å². The number of benzene rings is 1. The molecular formula is C11H16O6S. The van der Waals surface area contributed by atoms with E-state index in [0.717, 1.165) is 11.0 Å². The minimum absolute atomic E-state index is 0.365. The number of hydrogen-bond acceptors (Lipinski definition) is 5. The molecule has 4 N–H and O–H groups in total. The second-order valence-electron chi connectivity index (χ2n) is 3.25. The lowest BCUT2D eigenvalue weighted by Crippen LogP contribution is -2.15. The average Bonchev–Trinajstić information content (AvgIpc) is 2.36. The van der Waals surface area contributed by atoms with E-state index in [1.54, 1.807) is 24.3 Å². The van der Waals surface area contributed by atoms with Gasteiger partial charge in [0.15, 0.2) is 0 Å². The number of aliphatic hydroxyl groups is 3. The Morgan fingerprint density at radius 3 is 1.94 bits per heavy atom. The number of hydrogen-bond donors (Lipinski definition) is 4. The van der Waals surface area contributed by atoms with Gasteiger partial charge in [-0.05, 0) is 11.6 Å².